The summed E-state index contributed by atoms with van der Waals surface area (Å²) >= 11 is 1.33. The number of fused-ring (bicyclic) bond motifs is 2. The molecule has 0 spiro atoms. The van der Waals surface area contributed by atoms with Gasteiger partial charge in [-0.05, 0) is 96.3 Å². The van der Waals surface area contributed by atoms with Gasteiger partial charge in [-0.25, -0.2) is 0 Å². The summed E-state index contributed by atoms with van der Waals surface area (Å²) in [6.07, 6.45) is 5.10. The molecule has 2 aliphatic carbocycles. The highest BCUT2D eigenvalue weighted by atomic mass is 32.2. The Bertz CT molecular complexity index is 2030. The molecule has 0 saturated heterocycles. The summed E-state index contributed by atoms with van der Waals surface area (Å²) in [5.41, 5.74) is 10.7. The average molecular weight is 656 g/mol. The zero-order valence-corrected chi connectivity index (χ0v) is 27.8. The summed E-state index contributed by atoms with van der Waals surface area (Å²) in [5, 5.41) is 22.2. The van der Waals surface area contributed by atoms with Crippen LogP contribution in [0, 0.1) is 5.92 Å². The SMILES string of the molecule is CCOc1ccc(-c2cc(N)c3c(c2O)C(=O)c2c(O)ccc(Sc4ccc(-c5ccc(C6CCC(C)CC6)cc5)cc4)c2C3=O)cc1. The summed E-state index contributed by atoms with van der Waals surface area (Å²) < 4.78 is 5.51. The number of benzene rings is 5. The van der Waals surface area contributed by atoms with Crippen molar-refractivity contribution in [3.05, 3.63) is 119 Å². The van der Waals surface area contributed by atoms with Gasteiger partial charge >= 0.3 is 0 Å². The van der Waals surface area contributed by atoms with Gasteiger partial charge in [-0.15, -0.1) is 0 Å². The second-order valence-corrected chi connectivity index (χ2v) is 13.9. The van der Waals surface area contributed by atoms with Crippen LogP contribution < -0.4 is 10.5 Å². The molecule has 5 aromatic rings. The monoisotopic (exact) mass is 655 g/mol. The predicted octanol–water partition coefficient (Wildman–Crippen LogP) is 9.63. The van der Waals surface area contributed by atoms with Gasteiger partial charge in [0.2, 0.25) is 5.78 Å². The van der Waals surface area contributed by atoms with E-state index in [1.807, 2.05) is 31.2 Å². The Kier molecular flexibility index (Phi) is 8.48. The van der Waals surface area contributed by atoms with Gasteiger partial charge in [-0.2, -0.15) is 0 Å². The molecule has 242 valence electrons. The highest BCUT2D eigenvalue weighted by Gasteiger charge is 2.39. The van der Waals surface area contributed by atoms with Gasteiger partial charge in [0, 0.05) is 21.0 Å². The Hall–Kier alpha value is -5.01. The number of carbonyl (C=O) groups excluding carboxylic acids is 2. The lowest BCUT2D eigenvalue weighted by Gasteiger charge is -2.26. The first-order chi connectivity index (χ1) is 23.2. The van der Waals surface area contributed by atoms with Crippen molar-refractivity contribution >= 4 is 29.0 Å². The lowest BCUT2D eigenvalue weighted by atomic mass is 9.79. The predicted molar refractivity (Wildman–Crippen MR) is 190 cm³/mol. The number of phenols is 2. The minimum atomic E-state index is -0.655. The molecule has 1 fully saturated rings. The maximum atomic E-state index is 14.1. The molecule has 0 unspecified atom stereocenters. The maximum absolute atomic E-state index is 14.1. The van der Waals surface area contributed by atoms with Gasteiger partial charge in [0.15, 0.2) is 5.78 Å². The van der Waals surface area contributed by atoms with Crippen molar-refractivity contribution in [1.82, 2.24) is 0 Å². The van der Waals surface area contributed by atoms with Crippen LogP contribution in [0.25, 0.3) is 22.3 Å². The number of carbonyl (C=O) groups is 2. The van der Waals surface area contributed by atoms with E-state index in [2.05, 4.69) is 31.2 Å². The molecule has 4 N–H and O–H groups in total. The summed E-state index contributed by atoms with van der Waals surface area (Å²) in [7, 11) is 0. The van der Waals surface area contributed by atoms with Crippen LogP contribution in [-0.4, -0.2) is 28.4 Å². The zero-order valence-electron chi connectivity index (χ0n) is 27.0. The highest BCUT2D eigenvalue weighted by molar-refractivity contribution is 7.99. The van der Waals surface area contributed by atoms with E-state index in [-0.39, 0.29) is 39.4 Å². The Morgan fingerprint density at radius 2 is 1.33 bits per heavy atom. The van der Waals surface area contributed by atoms with Crippen molar-refractivity contribution in [1.29, 1.82) is 0 Å². The molecule has 7 heteroatoms. The summed E-state index contributed by atoms with van der Waals surface area (Å²) in [6.45, 7) is 4.74. The van der Waals surface area contributed by atoms with Crippen molar-refractivity contribution in [2.45, 2.75) is 55.2 Å². The van der Waals surface area contributed by atoms with E-state index in [1.165, 1.54) is 55.1 Å². The molecule has 0 aliphatic heterocycles. The number of aromatic hydroxyl groups is 2. The molecule has 6 nitrogen and oxygen atoms in total. The van der Waals surface area contributed by atoms with Gasteiger partial charge in [0.25, 0.3) is 0 Å². The molecule has 0 heterocycles. The summed E-state index contributed by atoms with van der Waals surface area (Å²) in [6, 6.07) is 28.5. The lowest BCUT2D eigenvalue weighted by Crippen LogP contribution is -2.24. The number of ether oxygens (including phenoxy) is 1. The number of phenolic OH excluding ortho intramolecular Hbond substituents is 2. The Labute approximate surface area is 284 Å². The second-order valence-electron chi connectivity index (χ2n) is 12.8. The molecule has 0 amide bonds. The first-order valence-electron chi connectivity index (χ1n) is 16.5. The smallest absolute Gasteiger partial charge is 0.202 e. The van der Waals surface area contributed by atoms with Crippen LogP contribution in [0.4, 0.5) is 5.69 Å². The normalized spacial score (nSPS) is 17.1. The van der Waals surface area contributed by atoms with E-state index in [0.717, 1.165) is 21.9 Å². The highest BCUT2D eigenvalue weighted by Crippen LogP contribution is 2.47. The van der Waals surface area contributed by atoms with Crippen LogP contribution >= 0.6 is 11.8 Å². The van der Waals surface area contributed by atoms with Crippen molar-refractivity contribution in [2.24, 2.45) is 5.92 Å². The summed E-state index contributed by atoms with van der Waals surface area (Å²) in [5.74, 6) is 0.271. The van der Waals surface area contributed by atoms with Crippen LogP contribution in [0.1, 0.15) is 82.9 Å². The first kappa shape index (κ1) is 31.6. The van der Waals surface area contributed by atoms with E-state index < -0.39 is 11.6 Å². The molecule has 0 radical (unpaired) electrons. The quantitative estimate of drug-likeness (QED) is 0.116. The Balaban J connectivity index is 1.16. The number of nitrogens with two attached hydrogens (primary N) is 1. The number of nitrogen functional groups attached to an aromatic ring is 1. The summed E-state index contributed by atoms with van der Waals surface area (Å²) in [4.78, 5) is 29.4. The van der Waals surface area contributed by atoms with Crippen molar-refractivity contribution < 1.29 is 24.5 Å². The average Bonchev–Trinajstić information content (AvgIpc) is 3.10. The number of anilines is 1. The lowest BCUT2D eigenvalue weighted by molar-refractivity contribution is 0.0972. The fourth-order valence-electron chi connectivity index (χ4n) is 7.02. The van der Waals surface area contributed by atoms with E-state index in [0.29, 0.717) is 34.3 Å². The number of hydrogen-bond donors (Lipinski definition) is 3. The Morgan fingerprint density at radius 3 is 1.98 bits per heavy atom. The molecule has 7 rings (SSSR count). The maximum Gasteiger partial charge on any atom is 0.202 e. The third kappa shape index (κ3) is 5.73. The molecular weight excluding hydrogens is 619 g/mol. The van der Waals surface area contributed by atoms with Gasteiger partial charge in [0.1, 0.15) is 17.2 Å². The van der Waals surface area contributed by atoms with Crippen molar-refractivity contribution in [3.63, 3.8) is 0 Å². The fourth-order valence-corrected chi connectivity index (χ4v) is 7.98. The minimum absolute atomic E-state index is 0.0614. The van der Waals surface area contributed by atoms with E-state index >= 15 is 0 Å². The second kappa shape index (κ2) is 12.9. The first-order valence-corrected chi connectivity index (χ1v) is 17.3. The van der Waals surface area contributed by atoms with Crippen LogP contribution in [0.15, 0.2) is 101 Å². The van der Waals surface area contributed by atoms with Crippen LogP contribution in [-0.2, 0) is 0 Å². The van der Waals surface area contributed by atoms with E-state index in [1.54, 1.807) is 30.3 Å². The molecule has 2 aliphatic rings. The third-order valence-electron chi connectivity index (χ3n) is 9.67. The van der Waals surface area contributed by atoms with Crippen molar-refractivity contribution in [2.75, 3.05) is 12.3 Å². The standard InChI is InChI=1S/C41H37NO5S/c1-3-47-29-16-12-28(13-17-29)31-22-32(42)35-38(39(31)44)41(46)36-33(43)20-21-34(37(36)40(35)45)48-30-18-14-27(15-19-30)26-10-8-25(9-11-26)24-6-4-23(2)5-7-24/h8-24,43-44H,3-7,42H2,1-2H3. The van der Waals surface area contributed by atoms with Gasteiger partial charge in [0.05, 0.1) is 28.9 Å². The van der Waals surface area contributed by atoms with Crippen LogP contribution in [0.5, 0.6) is 17.2 Å². The molecule has 1 saturated carbocycles. The van der Waals surface area contributed by atoms with Gasteiger partial charge in [-0.1, -0.05) is 80.1 Å². The zero-order chi connectivity index (χ0) is 33.5. The molecule has 0 atom stereocenters. The Morgan fingerprint density at radius 1 is 0.729 bits per heavy atom. The van der Waals surface area contributed by atoms with E-state index in [4.69, 9.17) is 10.5 Å². The number of hydrogen-bond acceptors (Lipinski definition) is 7. The minimum Gasteiger partial charge on any atom is -0.507 e. The molecule has 48 heavy (non-hydrogen) atoms. The fraction of sp³-hybridized carbons (Fsp3) is 0.220. The number of rotatable bonds is 7. The van der Waals surface area contributed by atoms with Gasteiger partial charge in [-0.3, -0.25) is 9.59 Å². The largest absolute Gasteiger partial charge is 0.507 e. The molecule has 5 aromatic carbocycles. The van der Waals surface area contributed by atoms with Gasteiger partial charge < -0.3 is 20.7 Å². The molecule has 0 aromatic heterocycles. The number of ketones is 2. The molecular formula is C41H37NO5S. The van der Waals surface area contributed by atoms with E-state index in [9.17, 15) is 19.8 Å². The topological polar surface area (TPSA) is 110 Å². The van der Waals surface area contributed by atoms with Crippen LogP contribution in [0.3, 0.4) is 0 Å². The third-order valence-corrected chi connectivity index (χ3v) is 10.7. The van der Waals surface area contributed by atoms with Crippen LogP contribution in [0.2, 0.25) is 0 Å². The molecule has 0 bridgehead atoms. The van der Waals surface area contributed by atoms with Crippen molar-refractivity contribution in [3.8, 4) is 39.5 Å².